The van der Waals surface area contributed by atoms with Crippen LogP contribution in [0.5, 0.6) is 11.5 Å². The maximum absolute atomic E-state index is 14.6. The van der Waals surface area contributed by atoms with E-state index in [4.69, 9.17) is 21.1 Å². The van der Waals surface area contributed by atoms with Gasteiger partial charge in [-0.15, -0.1) is 0 Å². The van der Waals surface area contributed by atoms with Gasteiger partial charge in [0.2, 0.25) is 0 Å². The van der Waals surface area contributed by atoms with Crippen LogP contribution in [0.1, 0.15) is 23.7 Å². The van der Waals surface area contributed by atoms with Crippen LogP contribution in [0.25, 0.3) is 10.8 Å². The Morgan fingerprint density at radius 3 is 2.61 bits per heavy atom. The fourth-order valence-corrected chi connectivity index (χ4v) is 4.62. The number of carbonyl (C=O) groups is 1. The molecule has 3 N–H and O–H groups in total. The zero-order chi connectivity index (χ0) is 25.2. The van der Waals surface area contributed by atoms with Gasteiger partial charge in [0.15, 0.2) is 23.0 Å². The first kappa shape index (κ1) is 24.3. The molecule has 0 radical (unpaired) electrons. The molecule has 0 bridgehead atoms. The van der Waals surface area contributed by atoms with Gasteiger partial charge in [-0.05, 0) is 66.2 Å². The molecule has 3 aromatic carbocycles. The molecule has 2 heterocycles. The Balaban J connectivity index is 1.40. The molecule has 0 spiro atoms. The van der Waals surface area contributed by atoms with E-state index < -0.39 is 23.9 Å². The van der Waals surface area contributed by atoms with Crippen molar-refractivity contribution in [2.24, 2.45) is 5.16 Å². The average molecular weight is 514 g/mol. The highest BCUT2D eigenvalue weighted by molar-refractivity contribution is 6.45. The van der Waals surface area contributed by atoms with Crippen molar-refractivity contribution < 1.29 is 29.0 Å². The first-order chi connectivity index (χ1) is 17.4. The van der Waals surface area contributed by atoms with Crippen LogP contribution < -0.4 is 14.8 Å². The summed E-state index contributed by atoms with van der Waals surface area (Å²) in [4.78, 5) is 15.3. The Morgan fingerprint density at radius 2 is 1.86 bits per heavy atom. The second kappa shape index (κ2) is 10.3. The highest BCUT2D eigenvalue weighted by Crippen LogP contribution is 2.36. The minimum Gasteiger partial charge on any atom is -0.486 e. The van der Waals surface area contributed by atoms with Gasteiger partial charge in [-0.1, -0.05) is 35.0 Å². The van der Waals surface area contributed by atoms with E-state index in [-0.39, 0.29) is 36.0 Å². The number of oxime groups is 1. The van der Waals surface area contributed by atoms with Gasteiger partial charge in [-0.25, -0.2) is 4.39 Å². The molecular formula is C26H25ClFN3O5. The maximum Gasteiger partial charge on any atom is 0.274 e. The molecule has 0 unspecified atom stereocenters. The topological polar surface area (TPSA) is 104 Å². The summed E-state index contributed by atoms with van der Waals surface area (Å²) < 4.78 is 25.5. The zero-order valence-electron chi connectivity index (χ0n) is 19.3. The molecule has 2 aliphatic heterocycles. The lowest BCUT2D eigenvalue weighted by Crippen LogP contribution is -2.52. The van der Waals surface area contributed by atoms with E-state index in [1.54, 1.807) is 36.4 Å². The smallest absolute Gasteiger partial charge is 0.274 e. The number of benzene rings is 3. The number of nitrogens with one attached hydrogen (secondary N) is 1. The third-order valence-corrected chi connectivity index (χ3v) is 6.69. The number of ether oxygens (including phenoxy) is 2. The predicted molar refractivity (Wildman–Crippen MR) is 133 cm³/mol. The van der Waals surface area contributed by atoms with Crippen molar-refractivity contribution >= 4 is 34.0 Å². The van der Waals surface area contributed by atoms with Crippen LogP contribution in [0.4, 0.5) is 4.39 Å². The SMILES string of the molecule is O=C(N[C@H](CN1CCC1)[C@@H](O)c1cc(F)c2c(c1)OCCO2)/C(=N/O)c1ccc2cc(Cl)ccc2c1. The fourth-order valence-electron chi connectivity index (χ4n) is 4.44. The van der Waals surface area contributed by atoms with E-state index in [0.29, 0.717) is 17.1 Å². The van der Waals surface area contributed by atoms with E-state index >= 15 is 0 Å². The lowest BCUT2D eigenvalue weighted by Gasteiger charge is -2.36. The first-order valence-corrected chi connectivity index (χ1v) is 12.0. The quantitative estimate of drug-likeness (QED) is 0.254. The molecule has 5 rings (SSSR count). The van der Waals surface area contributed by atoms with Gasteiger partial charge in [0, 0.05) is 17.1 Å². The zero-order valence-corrected chi connectivity index (χ0v) is 20.0. The first-order valence-electron chi connectivity index (χ1n) is 11.6. The lowest BCUT2D eigenvalue weighted by atomic mass is 9.98. The van der Waals surface area contributed by atoms with Crippen LogP contribution in [0.2, 0.25) is 5.02 Å². The number of aliphatic hydroxyl groups excluding tert-OH is 1. The molecule has 3 aromatic rings. The predicted octanol–water partition coefficient (Wildman–Crippen LogP) is 3.51. The van der Waals surface area contributed by atoms with Crippen molar-refractivity contribution in [3.63, 3.8) is 0 Å². The van der Waals surface area contributed by atoms with Crippen LogP contribution in [0.15, 0.2) is 53.7 Å². The Bertz CT molecular complexity index is 1330. The standard InChI is InChI=1S/C26H25ClFN3O5/c27-19-5-4-15-10-17(3-2-16(15)11-19)23(30-34)26(33)29-21(14-31-6-1-7-31)24(32)18-12-20(28)25-22(13-18)35-8-9-36-25/h2-5,10-13,21,24,32,34H,1,6-9,14H2,(H,29,33)/b30-23+/t21-,24+/m1/s1. The summed E-state index contributed by atoms with van der Waals surface area (Å²) in [7, 11) is 0. The van der Waals surface area contributed by atoms with Crippen LogP contribution in [-0.4, -0.2) is 65.7 Å². The summed E-state index contributed by atoms with van der Waals surface area (Å²) >= 11 is 6.05. The summed E-state index contributed by atoms with van der Waals surface area (Å²) in [6.45, 7) is 2.49. The largest absolute Gasteiger partial charge is 0.486 e. The van der Waals surface area contributed by atoms with Crippen molar-refractivity contribution in [2.75, 3.05) is 32.8 Å². The Hall–Kier alpha value is -3.40. The van der Waals surface area contributed by atoms with Crippen LogP contribution >= 0.6 is 11.6 Å². The van der Waals surface area contributed by atoms with Gasteiger partial charge in [0.25, 0.3) is 5.91 Å². The van der Waals surface area contributed by atoms with E-state index in [0.717, 1.165) is 30.3 Å². The van der Waals surface area contributed by atoms with Crippen LogP contribution in [0, 0.1) is 5.82 Å². The Morgan fingerprint density at radius 1 is 1.11 bits per heavy atom. The molecule has 8 nitrogen and oxygen atoms in total. The number of carbonyl (C=O) groups excluding carboxylic acids is 1. The number of fused-ring (bicyclic) bond motifs is 2. The van der Waals surface area contributed by atoms with E-state index in [1.807, 2.05) is 0 Å². The second-order valence-corrected chi connectivity index (χ2v) is 9.30. The van der Waals surface area contributed by atoms with Gasteiger partial charge >= 0.3 is 0 Å². The number of hydrogen-bond acceptors (Lipinski definition) is 7. The number of rotatable bonds is 7. The number of nitrogens with zero attached hydrogens (tertiary/aromatic N) is 2. The molecule has 2 atom stereocenters. The Kier molecular flexibility index (Phi) is 6.95. The number of hydrogen-bond donors (Lipinski definition) is 3. The maximum atomic E-state index is 14.6. The lowest BCUT2D eigenvalue weighted by molar-refractivity contribution is -0.116. The molecule has 188 valence electrons. The molecule has 36 heavy (non-hydrogen) atoms. The van der Waals surface area contributed by atoms with Gasteiger partial charge < -0.3 is 30.0 Å². The highest BCUT2D eigenvalue weighted by Gasteiger charge is 2.31. The second-order valence-electron chi connectivity index (χ2n) is 8.86. The minimum atomic E-state index is -1.25. The van der Waals surface area contributed by atoms with Gasteiger partial charge in [-0.2, -0.15) is 0 Å². The average Bonchev–Trinajstić information content (AvgIpc) is 2.85. The monoisotopic (exact) mass is 513 g/mol. The third-order valence-electron chi connectivity index (χ3n) is 6.45. The number of likely N-dealkylation sites (tertiary alicyclic amines) is 1. The van der Waals surface area contributed by atoms with E-state index in [2.05, 4.69) is 15.4 Å². The normalized spacial score (nSPS) is 17.4. The Labute approximate surface area is 211 Å². The van der Waals surface area contributed by atoms with E-state index in [9.17, 15) is 19.5 Å². The summed E-state index contributed by atoms with van der Waals surface area (Å²) in [5.41, 5.74) is 0.432. The summed E-state index contributed by atoms with van der Waals surface area (Å²) in [5.74, 6) is -1.11. The number of halogens is 2. The summed E-state index contributed by atoms with van der Waals surface area (Å²) in [6.07, 6.45) is -0.238. The molecule has 10 heteroatoms. The van der Waals surface area contributed by atoms with E-state index in [1.165, 1.54) is 12.1 Å². The molecule has 1 saturated heterocycles. The number of amides is 1. The molecule has 0 aromatic heterocycles. The fraction of sp³-hybridized carbons (Fsp3) is 0.308. The van der Waals surface area contributed by atoms with Crippen molar-refractivity contribution in [3.05, 3.63) is 70.5 Å². The highest BCUT2D eigenvalue weighted by atomic mass is 35.5. The van der Waals surface area contributed by atoms with Crippen LogP contribution in [-0.2, 0) is 4.79 Å². The summed E-state index contributed by atoms with van der Waals surface area (Å²) in [6, 6.07) is 12.4. The van der Waals surface area contributed by atoms with Crippen molar-refractivity contribution in [3.8, 4) is 11.5 Å². The molecule has 1 amide bonds. The van der Waals surface area contributed by atoms with Gasteiger partial charge in [0.1, 0.15) is 19.3 Å². The van der Waals surface area contributed by atoms with Gasteiger partial charge in [-0.3, -0.25) is 4.79 Å². The molecule has 0 saturated carbocycles. The minimum absolute atomic E-state index is 0.00724. The van der Waals surface area contributed by atoms with Crippen molar-refractivity contribution in [1.82, 2.24) is 10.2 Å². The summed E-state index contributed by atoms with van der Waals surface area (Å²) in [5, 5.41) is 29.2. The van der Waals surface area contributed by atoms with Crippen LogP contribution in [0.3, 0.4) is 0 Å². The van der Waals surface area contributed by atoms with Crippen molar-refractivity contribution in [1.29, 1.82) is 0 Å². The molecule has 0 aliphatic carbocycles. The molecule has 2 aliphatic rings. The molecular weight excluding hydrogens is 489 g/mol. The number of aliphatic hydroxyl groups is 1. The van der Waals surface area contributed by atoms with Crippen molar-refractivity contribution in [2.45, 2.75) is 18.6 Å². The third kappa shape index (κ3) is 4.95. The van der Waals surface area contributed by atoms with Gasteiger partial charge in [0.05, 0.1) is 6.04 Å². The molecule has 1 fully saturated rings.